The van der Waals surface area contributed by atoms with Crippen LogP contribution in [-0.2, 0) is 0 Å². The smallest absolute Gasteiger partial charge is 0.354 e. The fourth-order valence-corrected chi connectivity index (χ4v) is 2.77. The van der Waals surface area contributed by atoms with Gasteiger partial charge in [-0.3, -0.25) is 0 Å². The van der Waals surface area contributed by atoms with Gasteiger partial charge in [0.2, 0.25) is 0 Å². The number of piperazine rings is 1. The number of aromatic carboxylic acids is 1. The zero-order valence-electron chi connectivity index (χ0n) is 12.8. The molecule has 4 heterocycles. The highest BCUT2D eigenvalue weighted by molar-refractivity contribution is 5.85. The molecule has 24 heavy (non-hydrogen) atoms. The summed E-state index contributed by atoms with van der Waals surface area (Å²) in [6, 6.07) is 8.88. The fourth-order valence-electron chi connectivity index (χ4n) is 2.77. The molecule has 3 aromatic heterocycles. The van der Waals surface area contributed by atoms with Gasteiger partial charge in [-0.05, 0) is 24.3 Å². The van der Waals surface area contributed by atoms with Gasteiger partial charge in [-0.1, -0.05) is 6.07 Å². The largest absolute Gasteiger partial charge is 0.477 e. The molecule has 0 amide bonds. The second kappa shape index (κ2) is 5.76. The number of hydrogen-bond acceptors (Lipinski definition) is 7. The lowest BCUT2D eigenvalue weighted by molar-refractivity contribution is 0.0690. The van der Waals surface area contributed by atoms with Crippen LogP contribution >= 0.6 is 0 Å². The van der Waals surface area contributed by atoms with E-state index in [9.17, 15) is 4.79 Å². The molecule has 0 aliphatic carbocycles. The molecule has 1 aliphatic rings. The van der Waals surface area contributed by atoms with Gasteiger partial charge in [0.25, 0.3) is 0 Å². The van der Waals surface area contributed by atoms with E-state index in [0.717, 1.165) is 32.0 Å². The Kier molecular flexibility index (Phi) is 3.45. The third-order valence-corrected chi connectivity index (χ3v) is 4.03. The summed E-state index contributed by atoms with van der Waals surface area (Å²) in [4.78, 5) is 19.5. The van der Waals surface area contributed by atoms with E-state index in [0.29, 0.717) is 11.5 Å². The normalized spacial score (nSPS) is 15.0. The quantitative estimate of drug-likeness (QED) is 0.745. The van der Waals surface area contributed by atoms with Gasteiger partial charge in [-0.25, -0.2) is 9.78 Å². The minimum absolute atomic E-state index is 0.0645. The minimum atomic E-state index is -1.01. The zero-order chi connectivity index (χ0) is 16.5. The lowest BCUT2D eigenvalue weighted by Crippen LogP contribution is -2.47. The average molecular weight is 325 g/mol. The first-order valence-electron chi connectivity index (χ1n) is 7.58. The van der Waals surface area contributed by atoms with Gasteiger partial charge >= 0.3 is 5.97 Å². The van der Waals surface area contributed by atoms with Crippen molar-refractivity contribution in [3.63, 3.8) is 0 Å². The lowest BCUT2D eigenvalue weighted by atomic mass is 10.3. The fraction of sp³-hybridized carbons (Fsp3) is 0.267. The summed E-state index contributed by atoms with van der Waals surface area (Å²) in [5.74, 6) is 0.549. The van der Waals surface area contributed by atoms with Crippen LogP contribution in [0.3, 0.4) is 0 Å². The maximum atomic E-state index is 11.0. The predicted molar refractivity (Wildman–Crippen MR) is 86.4 cm³/mol. The van der Waals surface area contributed by atoms with Crippen LogP contribution in [0.15, 0.2) is 36.7 Å². The number of carboxylic acids is 1. The van der Waals surface area contributed by atoms with E-state index in [1.807, 2.05) is 18.2 Å². The summed E-state index contributed by atoms with van der Waals surface area (Å²) < 4.78 is 1.65. The molecule has 9 nitrogen and oxygen atoms in total. The monoisotopic (exact) mass is 325 g/mol. The Morgan fingerprint density at radius 3 is 2.50 bits per heavy atom. The Bertz CT molecular complexity index is 886. The molecule has 3 aromatic rings. The summed E-state index contributed by atoms with van der Waals surface area (Å²) in [5.41, 5.74) is 0.779. The number of carbonyl (C=O) groups is 1. The first kappa shape index (κ1) is 14.4. The predicted octanol–water partition coefficient (Wildman–Crippen LogP) is 0.544. The summed E-state index contributed by atoms with van der Waals surface area (Å²) >= 11 is 0. The van der Waals surface area contributed by atoms with Crippen LogP contribution < -0.4 is 9.80 Å². The Hall–Kier alpha value is -3.23. The molecule has 1 aliphatic heterocycles. The molecular formula is C15H15N7O2. The third-order valence-electron chi connectivity index (χ3n) is 4.03. The Morgan fingerprint density at radius 2 is 1.75 bits per heavy atom. The summed E-state index contributed by atoms with van der Waals surface area (Å²) in [5, 5.41) is 21.3. The molecule has 0 radical (unpaired) electrons. The van der Waals surface area contributed by atoms with Crippen LogP contribution in [0.5, 0.6) is 0 Å². The van der Waals surface area contributed by atoms with Crippen LogP contribution in [0, 0.1) is 0 Å². The van der Waals surface area contributed by atoms with E-state index in [-0.39, 0.29) is 5.69 Å². The standard InChI is InChI=1S/C15H15N7O2/c23-15(24)11-2-1-3-12(17-11)20-6-8-21(9-7-20)14-5-4-13-18-16-10-22(13)19-14/h1-5,10H,6-9H2,(H,23,24). The first-order chi connectivity index (χ1) is 11.7. The van der Waals surface area contributed by atoms with Gasteiger partial charge in [-0.15, -0.1) is 15.3 Å². The molecule has 9 heteroatoms. The lowest BCUT2D eigenvalue weighted by Gasteiger charge is -2.36. The number of anilines is 2. The second-order valence-corrected chi connectivity index (χ2v) is 5.49. The van der Waals surface area contributed by atoms with E-state index < -0.39 is 5.97 Å². The van der Waals surface area contributed by atoms with Crippen molar-refractivity contribution in [3.05, 3.63) is 42.4 Å². The van der Waals surface area contributed by atoms with Crippen molar-refractivity contribution in [2.24, 2.45) is 0 Å². The van der Waals surface area contributed by atoms with Crippen LogP contribution in [0.4, 0.5) is 11.6 Å². The second-order valence-electron chi connectivity index (χ2n) is 5.49. The Balaban J connectivity index is 1.48. The maximum Gasteiger partial charge on any atom is 0.354 e. The van der Waals surface area contributed by atoms with Crippen LogP contribution in [0.1, 0.15) is 10.5 Å². The van der Waals surface area contributed by atoms with E-state index in [1.54, 1.807) is 16.9 Å². The average Bonchev–Trinajstić information content (AvgIpc) is 3.09. The number of fused-ring (bicyclic) bond motifs is 1. The van der Waals surface area contributed by atoms with Crippen molar-refractivity contribution in [3.8, 4) is 0 Å². The van der Waals surface area contributed by atoms with E-state index in [1.165, 1.54) is 6.07 Å². The van der Waals surface area contributed by atoms with Crippen molar-refractivity contribution in [2.45, 2.75) is 0 Å². The molecule has 0 bridgehead atoms. The van der Waals surface area contributed by atoms with Gasteiger partial charge < -0.3 is 14.9 Å². The first-order valence-corrected chi connectivity index (χ1v) is 7.58. The molecule has 1 N–H and O–H groups in total. The molecule has 4 rings (SSSR count). The molecule has 1 saturated heterocycles. The van der Waals surface area contributed by atoms with Crippen molar-refractivity contribution in [1.82, 2.24) is 24.8 Å². The van der Waals surface area contributed by atoms with E-state index in [4.69, 9.17) is 5.11 Å². The Labute approximate surface area is 137 Å². The summed E-state index contributed by atoms with van der Waals surface area (Å²) in [6.45, 7) is 3.05. The van der Waals surface area contributed by atoms with Crippen molar-refractivity contribution in [2.75, 3.05) is 36.0 Å². The number of pyridine rings is 1. The number of carboxylic acid groups (broad SMARTS) is 1. The molecule has 0 saturated carbocycles. The maximum absolute atomic E-state index is 11.0. The van der Waals surface area contributed by atoms with Crippen molar-refractivity contribution < 1.29 is 9.90 Å². The highest BCUT2D eigenvalue weighted by Gasteiger charge is 2.20. The van der Waals surface area contributed by atoms with E-state index in [2.05, 4.69) is 30.1 Å². The molecule has 122 valence electrons. The van der Waals surface area contributed by atoms with Crippen LogP contribution in [0.2, 0.25) is 0 Å². The van der Waals surface area contributed by atoms with Gasteiger partial charge in [0, 0.05) is 26.2 Å². The number of nitrogens with zero attached hydrogens (tertiary/aromatic N) is 7. The number of rotatable bonds is 3. The highest BCUT2D eigenvalue weighted by Crippen LogP contribution is 2.18. The minimum Gasteiger partial charge on any atom is -0.477 e. The number of hydrogen-bond donors (Lipinski definition) is 1. The molecule has 1 fully saturated rings. The van der Waals surface area contributed by atoms with E-state index >= 15 is 0 Å². The highest BCUT2D eigenvalue weighted by atomic mass is 16.4. The molecule has 0 atom stereocenters. The SMILES string of the molecule is O=C(O)c1cccc(N2CCN(c3ccc4nncn4n3)CC2)n1. The van der Waals surface area contributed by atoms with Gasteiger partial charge in [-0.2, -0.15) is 4.52 Å². The van der Waals surface area contributed by atoms with Crippen LogP contribution in [-0.4, -0.2) is 62.1 Å². The van der Waals surface area contributed by atoms with Crippen LogP contribution in [0.25, 0.3) is 5.65 Å². The Morgan fingerprint density at radius 1 is 1.00 bits per heavy atom. The zero-order valence-corrected chi connectivity index (χ0v) is 12.8. The summed E-state index contributed by atoms with van der Waals surface area (Å²) in [6.07, 6.45) is 1.58. The molecule has 0 spiro atoms. The molecule has 0 unspecified atom stereocenters. The van der Waals surface area contributed by atoms with Gasteiger partial charge in [0.15, 0.2) is 11.3 Å². The summed E-state index contributed by atoms with van der Waals surface area (Å²) in [7, 11) is 0. The third kappa shape index (κ3) is 2.60. The van der Waals surface area contributed by atoms with Crippen molar-refractivity contribution >= 4 is 23.3 Å². The van der Waals surface area contributed by atoms with Crippen molar-refractivity contribution in [1.29, 1.82) is 0 Å². The van der Waals surface area contributed by atoms with Gasteiger partial charge in [0.05, 0.1) is 0 Å². The van der Waals surface area contributed by atoms with Gasteiger partial charge in [0.1, 0.15) is 18.0 Å². The molecule has 0 aromatic carbocycles. The molecular weight excluding hydrogens is 310 g/mol. The number of aromatic nitrogens is 5. The topological polar surface area (TPSA) is 99.8 Å².